The van der Waals surface area contributed by atoms with Gasteiger partial charge in [0.25, 0.3) is 5.91 Å². The van der Waals surface area contributed by atoms with Crippen molar-refractivity contribution in [3.63, 3.8) is 0 Å². The lowest BCUT2D eigenvalue weighted by molar-refractivity contribution is 0.0954. The number of hydrogen-bond donors (Lipinski definition) is 3. The van der Waals surface area contributed by atoms with Crippen molar-refractivity contribution in [2.24, 2.45) is 4.99 Å². The summed E-state index contributed by atoms with van der Waals surface area (Å²) >= 11 is 2.02. The summed E-state index contributed by atoms with van der Waals surface area (Å²) in [6, 6.07) is 7.06. The molecule has 1 fully saturated rings. The van der Waals surface area contributed by atoms with Crippen LogP contribution < -0.4 is 20.7 Å². The quantitative estimate of drug-likeness (QED) is 0.242. The molecule has 8 heteroatoms. The molecule has 1 heterocycles. The number of ether oxygens (including phenoxy) is 1. The summed E-state index contributed by atoms with van der Waals surface area (Å²) in [5.41, 5.74) is 0.622. The van der Waals surface area contributed by atoms with E-state index in [1.165, 1.54) is 18.6 Å². The smallest absolute Gasteiger partial charge is 0.251 e. The van der Waals surface area contributed by atoms with E-state index >= 15 is 0 Å². The molecule has 1 saturated heterocycles. The monoisotopic (exact) mass is 478 g/mol. The highest BCUT2D eigenvalue weighted by Gasteiger charge is 2.15. The first-order valence-electron chi connectivity index (χ1n) is 8.21. The van der Waals surface area contributed by atoms with E-state index in [9.17, 15) is 4.79 Å². The molecule has 2 rings (SSSR count). The molecular formula is C17H27IN4O2S. The first-order valence-corrected chi connectivity index (χ1v) is 9.26. The van der Waals surface area contributed by atoms with E-state index in [0.29, 0.717) is 23.9 Å². The van der Waals surface area contributed by atoms with Gasteiger partial charge in [-0.15, -0.1) is 24.0 Å². The molecular weight excluding hydrogens is 451 g/mol. The maximum absolute atomic E-state index is 12.0. The second kappa shape index (κ2) is 12.2. The van der Waals surface area contributed by atoms with Crippen molar-refractivity contribution < 1.29 is 9.53 Å². The number of nitrogens with zero attached hydrogens (tertiary/aromatic N) is 1. The summed E-state index contributed by atoms with van der Waals surface area (Å²) in [6.45, 7) is 2.09. The van der Waals surface area contributed by atoms with Crippen molar-refractivity contribution in [2.45, 2.75) is 18.1 Å². The summed E-state index contributed by atoms with van der Waals surface area (Å²) in [4.78, 5) is 16.2. The standard InChI is InChI=1S/C17H26N4O2S.HI/c1-18-17(21-12-15-4-3-11-24-15)20-10-9-19-16(22)13-5-7-14(23-2)8-6-13;/h5-8,15H,3-4,9-12H2,1-2H3,(H,19,22)(H2,18,20,21);1H. The highest BCUT2D eigenvalue weighted by Crippen LogP contribution is 2.25. The number of rotatable bonds is 7. The van der Waals surface area contributed by atoms with Gasteiger partial charge in [0.05, 0.1) is 7.11 Å². The average molecular weight is 478 g/mol. The molecule has 0 aliphatic carbocycles. The van der Waals surface area contributed by atoms with E-state index in [0.717, 1.165) is 18.3 Å². The van der Waals surface area contributed by atoms with Crippen molar-refractivity contribution in [3.8, 4) is 5.75 Å². The fraction of sp³-hybridized carbons (Fsp3) is 0.529. The van der Waals surface area contributed by atoms with Crippen molar-refractivity contribution in [2.75, 3.05) is 39.5 Å². The second-order valence-electron chi connectivity index (χ2n) is 5.50. The fourth-order valence-corrected chi connectivity index (χ4v) is 3.64. The van der Waals surface area contributed by atoms with E-state index in [4.69, 9.17) is 4.74 Å². The minimum Gasteiger partial charge on any atom is -0.497 e. The highest BCUT2D eigenvalue weighted by atomic mass is 127. The number of hydrogen-bond acceptors (Lipinski definition) is 4. The molecule has 6 nitrogen and oxygen atoms in total. The van der Waals surface area contributed by atoms with Gasteiger partial charge in [-0.3, -0.25) is 9.79 Å². The van der Waals surface area contributed by atoms with Crippen LogP contribution in [0.15, 0.2) is 29.3 Å². The number of thioether (sulfide) groups is 1. The lowest BCUT2D eigenvalue weighted by atomic mass is 10.2. The maximum Gasteiger partial charge on any atom is 0.251 e. The molecule has 1 aromatic carbocycles. The number of benzene rings is 1. The molecule has 0 bridgehead atoms. The van der Waals surface area contributed by atoms with E-state index < -0.39 is 0 Å². The Labute approximate surface area is 171 Å². The van der Waals surface area contributed by atoms with Crippen LogP contribution in [0.1, 0.15) is 23.2 Å². The Balaban J connectivity index is 0.00000312. The molecule has 0 aromatic heterocycles. The molecule has 0 saturated carbocycles. The molecule has 25 heavy (non-hydrogen) atoms. The van der Waals surface area contributed by atoms with Gasteiger partial charge in [0.2, 0.25) is 0 Å². The number of carbonyl (C=O) groups excluding carboxylic acids is 1. The third-order valence-corrected chi connectivity index (χ3v) is 5.20. The third kappa shape index (κ3) is 7.72. The number of halogens is 1. The molecule has 1 aliphatic heterocycles. The average Bonchev–Trinajstić information content (AvgIpc) is 3.14. The van der Waals surface area contributed by atoms with Crippen LogP contribution in [-0.2, 0) is 0 Å². The van der Waals surface area contributed by atoms with E-state index in [2.05, 4.69) is 20.9 Å². The van der Waals surface area contributed by atoms with Crippen LogP contribution in [-0.4, -0.2) is 56.7 Å². The Kier molecular flexibility index (Phi) is 10.7. The SMILES string of the molecule is CN=C(NCCNC(=O)c1ccc(OC)cc1)NCC1CCCS1.I. The zero-order chi connectivity index (χ0) is 17.2. The number of amides is 1. The normalized spacial score (nSPS) is 16.7. The molecule has 1 aromatic rings. The Morgan fingerprint density at radius 3 is 2.56 bits per heavy atom. The summed E-state index contributed by atoms with van der Waals surface area (Å²) in [7, 11) is 3.36. The predicted molar refractivity (Wildman–Crippen MR) is 116 cm³/mol. The summed E-state index contributed by atoms with van der Waals surface area (Å²) in [5, 5.41) is 10.1. The van der Waals surface area contributed by atoms with Gasteiger partial charge in [0.15, 0.2) is 5.96 Å². The van der Waals surface area contributed by atoms with Crippen molar-refractivity contribution in [1.29, 1.82) is 0 Å². The van der Waals surface area contributed by atoms with Crippen LogP contribution in [0.2, 0.25) is 0 Å². The van der Waals surface area contributed by atoms with Gasteiger partial charge in [0, 0.05) is 37.5 Å². The predicted octanol–water partition coefficient (Wildman–Crippen LogP) is 2.10. The number of nitrogens with one attached hydrogen (secondary N) is 3. The van der Waals surface area contributed by atoms with Crippen molar-refractivity contribution >= 4 is 47.6 Å². The van der Waals surface area contributed by atoms with Crippen LogP contribution in [0.25, 0.3) is 0 Å². The number of methoxy groups -OCH3 is 1. The molecule has 1 unspecified atom stereocenters. The van der Waals surface area contributed by atoms with E-state index in [1.54, 1.807) is 38.4 Å². The van der Waals surface area contributed by atoms with Crippen LogP contribution in [0.3, 0.4) is 0 Å². The highest BCUT2D eigenvalue weighted by molar-refractivity contribution is 14.0. The minimum absolute atomic E-state index is 0. The zero-order valence-corrected chi connectivity index (χ0v) is 17.9. The number of carbonyl (C=O) groups is 1. The molecule has 1 aliphatic rings. The Morgan fingerprint density at radius 2 is 1.96 bits per heavy atom. The largest absolute Gasteiger partial charge is 0.497 e. The minimum atomic E-state index is -0.0928. The van der Waals surface area contributed by atoms with E-state index in [-0.39, 0.29) is 29.9 Å². The van der Waals surface area contributed by atoms with Crippen LogP contribution in [0.4, 0.5) is 0 Å². The van der Waals surface area contributed by atoms with Crippen molar-refractivity contribution in [1.82, 2.24) is 16.0 Å². The van der Waals surface area contributed by atoms with Crippen molar-refractivity contribution in [3.05, 3.63) is 29.8 Å². The lowest BCUT2D eigenvalue weighted by Crippen LogP contribution is -2.43. The first kappa shape index (κ1) is 21.9. The third-order valence-electron chi connectivity index (χ3n) is 3.80. The van der Waals surface area contributed by atoms with Gasteiger partial charge < -0.3 is 20.7 Å². The molecule has 140 valence electrons. The van der Waals surface area contributed by atoms with Gasteiger partial charge in [-0.1, -0.05) is 0 Å². The second-order valence-corrected chi connectivity index (χ2v) is 6.91. The molecule has 0 spiro atoms. The van der Waals surface area contributed by atoms with Gasteiger partial charge in [-0.25, -0.2) is 0 Å². The number of aliphatic imine (C=N–C) groups is 1. The van der Waals surface area contributed by atoms with Gasteiger partial charge in [0.1, 0.15) is 5.75 Å². The summed E-state index contributed by atoms with van der Waals surface area (Å²) < 4.78 is 5.08. The molecule has 1 atom stereocenters. The Bertz CT molecular complexity index is 548. The van der Waals surface area contributed by atoms with Gasteiger partial charge >= 0.3 is 0 Å². The van der Waals surface area contributed by atoms with Crippen LogP contribution in [0, 0.1) is 0 Å². The van der Waals surface area contributed by atoms with Gasteiger partial charge in [-0.2, -0.15) is 11.8 Å². The number of guanidine groups is 1. The molecule has 3 N–H and O–H groups in total. The summed E-state index contributed by atoms with van der Waals surface area (Å²) in [5.74, 6) is 2.69. The Morgan fingerprint density at radius 1 is 1.24 bits per heavy atom. The summed E-state index contributed by atoms with van der Waals surface area (Å²) in [6.07, 6.45) is 2.58. The van der Waals surface area contributed by atoms with Crippen LogP contribution >= 0.6 is 35.7 Å². The molecule has 1 amide bonds. The van der Waals surface area contributed by atoms with Crippen LogP contribution in [0.5, 0.6) is 5.75 Å². The molecule has 0 radical (unpaired) electrons. The first-order chi connectivity index (χ1) is 11.7. The lowest BCUT2D eigenvalue weighted by Gasteiger charge is -2.15. The van der Waals surface area contributed by atoms with E-state index in [1.807, 2.05) is 11.8 Å². The maximum atomic E-state index is 12.0. The van der Waals surface area contributed by atoms with Gasteiger partial charge in [-0.05, 0) is 42.9 Å². The fourth-order valence-electron chi connectivity index (χ4n) is 2.44. The topological polar surface area (TPSA) is 74.8 Å². The Hall–Kier alpha value is -1.16. The zero-order valence-electron chi connectivity index (χ0n) is 14.7.